The van der Waals surface area contributed by atoms with Crippen molar-refractivity contribution in [3.8, 4) is 0 Å². The Balaban J connectivity index is 2.66. The van der Waals surface area contributed by atoms with Crippen LogP contribution in [0.2, 0.25) is 0 Å². The van der Waals surface area contributed by atoms with Gasteiger partial charge >= 0.3 is 5.97 Å². The Labute approximate surface area is 107 Å². The molecule has 0 N–H and O–H groups in total. The van der Waals surface area contributed by atoms with Crippen molar-refractivity contribution >= 4 is 11.9 Å². The predicted octanol–water partition coefficient (Wildman–Crippen LogP) is 1.50. The highest BCUT2D eigenvalue weighted by molar-refractivity contribution is 5.94. The molecule has 0 aliphatic carbocycles. The summed E-state index contributed by atoms with van der Waals surface area (Å²) in [6.45, 7) is 2.99. The molecule has 5 nitrogen and oxygen atoms in total. The lowest BCUT2D eigenvalue weighted by atomic mass is 10.2. The summed E-state index contributed by atoms with van der Waals surface area (Å²) >= 11 is 0. The van der Waals surface area contributed by atoms with Crippen LogP contribution in [0.1, 0.15) is 30.1 Å². The number of rotatable bonds is 6. The maximum Gasteiger partial charge on any atom is 0.307 e. The molecule has 0 radical (unpaired) electrons. The minimum Gasteiger partial charge on any atom is -0.469 e. The molecule has 0 aliphatic heterocycles. The van der Waals surface area contributed by atoms with Crippen LogP contribution in [-0.2, 0) is 9.53 Å². The van der Waals surface area contributed by atoms with Gasteiger partial charge in [0.05, 0.1) is 13.5 Å². The summed E-state index contributed by atoms with van der Waals surface area (Å²) < 4.78 is 4.58. The van der Waals surface area contributed by atoms with E-state index < -0.39 is 0 Å². The van der Waals surface area contributed by atoms with Crippen LogP contribution in [0.4, 0.5) is 0 Å². The van der Waals surface area contributed by atoms with Gasteiger partial charge in [0, 0.05) is 31.0 Å². The molecule has 98 valence electrons. The molecule has 0 atom stereocenters. The monoisotopic (exact) mass is 250 g/mol. The Morgan fingerprint density at radius 3 is 2.50 bits per heavy atom. The van der Waals surface area contributed by atoms with Crippen LogP contribution in [0.25, 0.3) is 0 Å². The number of aromatic nitrogens is 1. The summed E-state index contributed by atoms with van der Waals surface area (Å²) in [6, 6.07) is 3.34. The van der Waals surface area contributed by atoms with Gasteiger partial charge < -0.3 is 9.64 Å². The first-order chi connectivity index (χ1) is 8.69. The number of ether oxygens (including phenoxy) is 1. The minimum atomic E-state index is -0.307. The molecule has 1 rings (SSSR count). The van der Waals surface area contributed by atoms with E-state index in [1.807, 2.05) is 6.92 Å². The zero-order chi connectivity index (χ0) is 13.4. The minimum absolute atomic E-state index is 0.0804. The first-order valence-corrected chi connectivity index (χ1v) is 5.95. The summed E-state index contributed by atoms with van der Waals surface area (Å²) in [7, 11) is 1.34. The molecule has 0 fully saturated rings. The highest BCUT2D eigenvalue weighted by Crippen LogP contribution is 2.05. The Morgan fingerprint density at radius 2 is 1.94 bits per heavy atom. The largest absolute Gasteiger partial charge is 0.469 e. The van der Waals surface area contributed by atoms with Crippen molar-refractivity contribution in [2.45, 2.75) is 19.8 Å². The van der Waals surface area contributed by atoms with Gasteiger partial charge in [0.25, 0.3) is 5.91 Å². The van der Waals surface area contributed by atoms with E-state index in [1.54, 1.807) is 29.4 Å². The van der Waals surface area contributed by atoms with Gasteiger partial charge in [0.1, 0.15) is 0 Å². The van der Waals surface area contributed by atoms with Gasteiger partial charge in [0.15, 0.2) is 0 Å². The zero-order valence-corrected chi connectivity index (χ0v) is 10.8. The Kier molecular flexibility index (Phi) is 5.84. The van der Waals surface area contributed by atoms with E-state index in [0.717, 1.165) is 6.42 Å². The van der Waals surface area contributed by atoms with Crippen LogP contribution in [0.15, 0.2) is 24.5 Å². The molecule has 1 heterocycles. The van der Waals surface area contributed by atoms with E-state index in [9.17, 15) is 9.59 Å². The van der Waals surface area contributed by atoms with Gasteiger partial charge in [-0.2, -0.15) is 0 Å². The molecule has 1 amide bonds. The summed E-state index contributed by atoms with van der Waals surface area (Å²) in [4.78, 5) is 28.8. The lowest BCUT2D eigenvalue weighted by Crippen LogP contribution is -2.33. The third kappa shape index (κ3) is 4.16. The number of amides is 1. The lowest BCUT2D eigenvalue weighted by molar-refractivity contribution is -0.140. The van der Waals surface area contributed by atoms with Crippen LogP contribution in [0.3, 0.4) is 0 Å². The Bertz CT molecular complexity index is 392. The number of esters is 1. The van der Waals surface area contributed by atoms with Crippen molar-refractivity contribution < 1.29 is 14.3 Å². The van der Waals surface area contributed by atoms with E-state index >= 15 is 0 Å². The number of hydrogen-bond acceptors (Lipinski definition) is 4. The van der Waals surface area contributed by atoms with Gasteiger partial charge in [-0.05, 0) is 18.6 Å². The molecule has 0 spiro atoms. The van der Waals surface area contributed by atoms with Crippen molar-refractivity contribution in [2.24, 2.45) is 0 Å². The zero-order valence-electron chi connectivity index (χ0n) is 10.8. The van der Waals surface area contributed by atoms with Crippen molar-refractivity contribution in [1.82, 2.24) is 9.88 Å². The molecule has 1 aromatic rings. The van der Waals surface area contributed by atoms with Crippen LogP contribution in [-0.4, -0.2) is 42.0 Å². The van der Waals surface area contributed by atoms with Gasteiger partial charge in [-0.1, -0.05) is 6.92 Å². The topological polar surface area (TPSA) is 59.5 Å². The molecule has 0 unspecified atom stereocenters. The van der Waals surface area contributed by atoms with Gasteiger partial charge in [-0.3, -0.25) is 14.6 Å². The highest BCUT2D eigenvalue weighted by Gasteiger charge is 2.15. The van der Waals surface area contributed by atoms with Gasteiger partial charge in [0.2, 0.25) is 0 Å². The maximum atomic E-state index is 12.2. The number of hydrogen-bond donors (Lipinski definition) is 0. The molecule has 0 saturated heterocycles. The van der Waals surface area contributed by atoms with Crippen LogP contribution < -0.4 is 0 Å². The summed E-state index contributed by atoms with van der Waals surface area (Å²) in [5, 5.41) is 0. The second kappa shape index (κ2) is 7.42. The third-order valence-corrected chi connectivity index (χ3v) is 2.52. The Hall–Kier alpha value is -1.91. The normalized spacial score (nSPS) is 9.89. The average molecular weight is 250 g/mol. The maximum absolute atomic E-state index is 12.2. The van der Waals surface area contributed by atoms with E-state index in [-0.39, 0.29) is 18.3 Å². The molecule has 0 aromatic carbocycles. The molecule has 0 saturated carbocycles. The van der Waals surface area contributed by atoms with E-state index in [2.05, 4.69) is 9.72 Å². The van der Waals surface area contributed by atoms with Crippen molar-refractivity contribution in [1.29, 1.82) is 0 Å². The number of carbonyl (C=O) groups is 2. The molecule has 18 heavy (non-hydrogen) atoms. The van der Waals surface area contributed by atoms with E-state index in [4.69, 9.17) is 0 Å². The molecule has 1 aromatic heterocycles. The molecule has 5 heteroatoms. The smallest absolute Gasteiger partial charge is 0.307 e. The summed E-state index contributed by atoms with van der Waals surface area (Å²) in [5.41, 5.74) is 0.586. The van der Waals surface area contributed by atoms with Crippen molar-refractivity contribution in [3.63, 3.8) is 0 Å². The first-order valence-electron chi connectivity index (χ1n) is 5.95. The molecular weight excluding hydrogens is 232 g/mol. The van der Waals surface area contributed by atoms with Crippen molar-refractivity contribution in [3.05, 3.63) is 30.1 Å². The van der Waals surface area contributed by atoms with Crippen LogP contribution in [0.5, 0.6) is 0 Å². The first kappa shape index (κ1) is 14.2. The number of methoxy groups -OCH3 is 1. The highest BCUT2D eigenvalue weighted by atomic mass is 16.5. The number of carbonyl (C=O) groups excluding carboxylic acids is 2. The fraction of sp³-hybridized carbons (Fsp3) is 0.462. The van der Waals surface area contributed by atoms with E-state index in [1.165, 1.54) is 7.11 Å². The second-order valence-electron chi connectivity index (χ2n) is 3.85. The van der Waals surface area contributed by atoms with Gasteiger partial charge in [-0.25, -0.2) is 0 Å². The van der Waals surface area contributed by atoms with Crippen LogP contribution in [0, 0.1) is 0 Å². The lowest BCUT2D eigenvalue weighted by Gasteiger charge is -2.21. The van der Waals surface area contributed by atoms with Gasteiger partial charge in [-0.15, -0.1) is 0 Å². The van der Waals surface area contributed by atoms with Crippen molar-refractivity contribution in [2.75, 3.05) is 20.2 Å². The quantitative estimate of drug-likeness (QED) is 0.718. The molecule has 0 aliphatic rings. The molecule has 0 bridgehead atoms. The number of pyridine rings is 1. The third-order valence-electron chi connectivity index (χ3n) is 2.52. The van der Waals surface area contributed by atoms with Crippen LogP contribution >= 0.6 is 0 Å². The summed E-state index contributed by atoms with van der Waals surface area (Å²) in [5.74, 6) is -0.387. The fourth-order valence-electron chi connectivity index (χ4n) is 1.59. The Morgan fingerprint density at radius 1 is 1.28 bits per heavy atom. The standard InChI is InChI=1S/C13H18N2O3/c1-3-9-15(10-6-12(16)18-2)13(17)11-4-7-14-8-5-11/h4-5,7-8H,3,6,9-10H2,1-2H3. The fourth-order valence-corrected chi connectivity index (χ4v) is 1.59. The second-order valence-corrected chi connectivity index (χ2v) is 3.85. The number of nitrogens with zero attached hydrogens (tertiary/aromatic N) is 2. The SMILES string of the molecule is CCCN(CCC(=O)OC)C(=O)c1ccncc1. The summed E-state index contributed by atoms with van der Waals surface area (Å²) in [6.07, 6.45) is 4.22. The molecular formula is C13H18N2O3. The average Bonchev–Trinajstić information content (AvgIpc) is 2.43. The van der Waals surface area contributed by atoms with E-state index in [0.29, 0.717) is 18.7 Å². The predicted molar refractivity (Wildman–Crippen MR) is 67.1 cm³/mol.